The summed E-state index contributed by atoms with van der Waals surface area (Å²) in [5, 5.41) is 14.8. The highest BCUT2D eigenvalue weighted by atomic mass is 16.4. The van der Waals surface area contributed by atoms with Gasteiger partial charge in [0, 0.05) is 24.7 Å². The van der Waals surface area contributed by atoms with Gasteiger partial charge < -0.3 is 15.7 Å². The molecule has 1 unspecified atom stereocenters. The fourth-order valence-electron chi connectivity index (χ4n) is 1.80. The highest BCUT2D eigenvalue weighted by Gasteiger charge is 2.19. The fraction of sp³-hybridized carbons (Fsp3) is 0.333. The molecule has 5 heteroatoms. The van der Waals surface area contributed by atoms with Crippen LogP contribution in [0.4, 0.5) is 5.69 Å². The topological polar surface area (TPSA) is 78.4 Å². The maximum absolute atomic E-state index is 11.0. The Morgan fingerprint density at radius 2 is 2.12 bits per heavy atom. The van der Waals surface area contributed by atoms with Crippen LogP contribution in [-0.2, 0) is 4.79 Å². The molecule has 0 radical (unpaired) electrons. The van der Waals surface area contributed by atoms with Gasteiger partial charge in [-0.1, -0.05) is 0 Å². The van der Waals surface area contributed by atoms with E-state index in [4.69, 9.17) is 5.11 Å². The molecule has 1 aliphatic heterocycles. The van der Waals surface area contributed by atoms with Crippen LogP contribution in [0.15, 0.2) is 24.3 Å². The van der Waals surface area contributed by atoms with Crippen LogP contribution in [-0.4, -0.2) is 29.6 Å². The average Bonchev–Trinajstić information content (AvgIpc) is 2.73. The van der Waals surface area contributed by atoms with Gasteiger partial charge in [0.1, 0.15) is 0 Å². The summed E-state index contributed by atoms with van der Waals surface area (Å²) in [5.41, 5.74) is 1.13. The zero-order valence-electron chi connectivity index (χ0n) is 9.27. The smallest absolute Gasteiger partial charge is 0.335 e. The molecule has 0 saturated carbocycles. The minimum Gasteiger partial charge on any atom is -0.478 e. The molecule has 1 amide bonds. The molecule has 1 atom stereocenters. The van der Waals surface area contributed by atoms with Gasteiger partial charge in [0.25, 0.3) is 0 Å². The summed E-state index contributed by atoms with van der Waals surface area (Å²) in [6.07, 6.45) is 1.43. The Balaban J connectivity index is 1.87. The van der Waals surface area contributed by atoms with Crippen molar-refractivity contribution in [1.29, 1.82) is 0 Å². The molecule has 1 heterocycles. The highest BCUT2D eigenvalue weighted by molar-refractivity contribution is 5.88. The lowest BCUT2D eigenvalue weighted by Gasteiger charge is -2.12. The Labute approximate surface area is 98.8 Å². The Bertz CT molecular complexity index is 428. The van der Waals surface area contributed by atoms with Crippen molar-refractivity contribution in [2.24, 2.45) is 0 Å². The Morgan fingerprint density at radius 1 is 1.41 bits per heavy atom. The average molecular weight is 234 g/mol. The fourth-order valence-corrected chi connectivity index (χ4v) is 1.80. The second-order valence-electron chi connectivity index (χ2n) is 4.07. The van der Waals surface area contributed by atoms with Crippen LogP contribution in [0.1, 0.15) is 23.2 Å². The molecule has 1 fully saturated rings. The van der Waals surface area contributed by atoms with Crippen LogP contribution in [0.5, 0.6) is 0 Å². The number of nitrogens with one attached hydrogen (secondary N) is 2. The van der Waals surface area contributed by atoms with E-state index in [1.165, 1.54) is 0 Å². The predicted octanol–water partition coefficient (Wildman–Crippen LogP) is 1.08. The number of rotatable bonds is 4. The van der Waals surface area contributed by atoms with E-state index in [1.807, 2.05) is 0 Å². The number of carbonyl (C=O) groups excluding carboxylic acids is 1. The van der Waals surface area contributed by atoms with Crippen LogP contribution in [0, 0.1) is 0 Å². The van der Waals surface area contributed by atoms with Crippen molar-refractivity contribution in [2.75, 3.05) is 11.9 Å². The van der Waals surface area contributed by atoms with Gasteiger partial charge in [0.15, 0.2) is 0 Å². The largest absolute Gasteiger partial charge is 0.478 e. The molecule has 0 aliphatic carbocycles. The van der Waals surface area contributed by atoms with Crippen LogP contribution in [0.3, 0.4) is 0 Å². The van der Waals surface area contributed by atoms with E-state index in [1.54, 1.807) is 24.3 Å². The van der Waals surface area contributed by atoms with Gasteiger partial charge in [0.05, 0.1) is 5.56 Å². The normalized spacial score (nSPS) is 18.8. The van der Waals surface area contributed by atoms with E-state index < -0.39 is 5.97 Å². The number of hydrogen-bond acceptors (Lipinski definition) is 3. The summed E-state index contributed by atoms with van der Waals surface area (Å²) < 4.78 is 0. The lowest BCUT2D eigenvalue weighted by molar-refractivity contribution is -0.119. The molecule has 17 heavy (non-hydrogen) atoms. The van der Waals surface area contributed by atoms with E-state index in [0.29, 0.717) is 13.0 Å². The summed E-state index contributed by atoms with van der Waals surface area (Å²) in [4.78, 5) is 21.6. The number of carbonyl (C=O) groups is 2. The molecule has 1 aromatic rings. The molecule has 0 spiro atoms. The molecular formula is C12H14N2O3. The molecule has 1 aliphatic rings. The lowest BCUT2D eigenvalue weighted by atomic mass is 10.2. The first kappa shape index (κ1) is 11.4. The van der Waals surface area contributed by atoms with Crippen molar-refractivity contribution in [3.8, 4) is 0 Å². The molecular weight excluding hydrogens is 220 g/mol. The molecule has 0 bridgehead atoms. The first-order valence-electron chi connectivity index (χ1n) is 5.52. The monoisotopic (exact) mass is 234 g/mol. The van der Waals surface area contributed by atoms with E-state index in [2.05, 4.69) is 10.6 Å². The maximum Gasteiger partial charge on any atom is 0.335 e. The van der Waals surface area contributed by atoms with Gasteiger partial charge in [0.2, 0.25) is 5.91 Å². The maximum atomic E-state index is 11.0. The predicted molar refractivity (Wildman–Crippen MR) is 63.1 cm³/mol. The van der Waals surface area contributed by atoms with Crippen molar-refractivity contribution in [1.82, 2.24) is 5.32 Å². The number of benzene rings is 1. The van der Waals surface area contributed by atoms with Crippen molar-refractivity contribution in [3.05, 3.63) is 29.8 Å². The van der Waals surface area contributed by atoms with Crippen LogP contribution >= 0.6 is 0 Å². The minimum absolute atomic E-state index is 0.0954. The Morgan fingerprint density at radius 3 is 2.65 bits per heavy atom. The third-order valence-electron chi connectivity index (χ3n) is 2.77. The van der Waals surface area contributed by atoms with Crippen molar-refractivity contribution < 1.29 is 14.7 Å². The molecule has 90 valence electrons. The Hall–Kier alpha value is -2.04. The summed E-state index contributed by atoms with van der Waals surface area (Å²) >= 11 is 0. The molecule has 2 rings (SSSR count). The number of amides is 1. The van der Waals surface area contributed by atoms with Gasteiger partial charge in [-0.2, -0.15) is 0 Å². The molecule has 1 saturated heterocycles. The number of hydrogen-bond donors (Lipinski definition) is 3. The zero-order valence-corrected chi connectivity index (χ0v) is 9.27. The van der Waals surface area contributed by atoms with Crippen LogP contribution in [0.2, 0.25) is 0 Å². The molecule has 5 nitrogen and oxygen atoms in total. The SMILES string of the molecule is O=C1CCC(CNc2ccc(C(=O)O)cc2)N1. The van der Waals surface area contributed by atoms with E-state index in [0.717, 1.165) is 12.1 Å². The van der Waals surface area contributed by atoms with Crippen molar-refractivity contribution >= 4 is 17.6 Å². The quantitative estimate of drug-likeness (QED) is 0.728. The molecule has 3 N–H and O–H groups in total. The standard InChI is InChI=1S/C12H14N2O3/c15-11-6-5-10(14-11)7-13-9-3-1-8(2-4-9)12(16)17/h1-4,10,13H,5-7H2,(H,14,15)(H,16,17). The molecule has 1 aromatic carbocycles. The summed E-state index contributed by atoms with van der Waals surface area (Å²) in [7, 11) is 0. The number of carboxylic acids is 1. The van der Waals surface area contributed by atoms with Gasteiger partial charge >= 0.3 is 5.97 Å². The van der Waals surface area contributed by atoms with Gasteiger partial charge in [-0.15, -0.1) is 0 Å². The lowest BCUT2D eigenvalue weighted by Crippen LogP contribution is -2.31. The Kier molecular flexibility index (Phi) is 3.27. The first-order valence-corrected chi connectivity index (χ1v) is 5.52. The third kappa shape index (κ3) is 2.96. The summed E-state index contributed by atoms with van der Waals surface area (Å²) in [6, 6.07) is 6.72. The van der Waals surface area contributed by atoms with Gasteiger partial charge in [-0.25, -0.2) is 4.79 Å². The minimum atomic E-state index is -0.931. The van der Waals surface area contributed by atoms with Gasteiger partial charge in [-0.3, -0.25) is 4.79 Å². The second-order valence-corrected chi connectivity index (χ2v) is 4.07. The third-order valence-corrected chi connectivity index (χ3v) is 2.77. The van der Waals surface area contributed by atoms with Crippen molar-refractivity contribution in [2.45, 2.75) is 18.9 Å². The van der Waals surface area contributed by atoms with E-state index in [9.17, 15) is 9.59 Å². The summed E-state index contributed by atoms with van der Waals surface area (Å²) in [5.74, 6) is -0.836. The van der Waals surface area contributed by atoms with E-state index in [-0.39, 0.29) is 17.5 Å². The second kappa shape index (κ2) is 4.86. The van der Waals surface area contributed by atoms with E-state index >= 15 is 0 Å². The number of anilines is 1. The first-order chi connectivity index (χ1) is 8.15. The van der Waals surface area contributed by atoms with Crippen molar-refractivity contribution in [3.63, 3.8) is 0 Å². The highest BCUT2D eigenvalue weighted by Crippen LogP contribution is 2.11. The number of carboxylic acid groups (broad SMARTS) is 1. The molecule has 0 aromatic heterocycles. The number of aromatic carboxylic acids is 1. The zero-order chi connectivity index (χ0) is 12.3. The van der Waals surface area contributed by atoms with Gasteiger partial charge in [-0.05, 0) is 30.7 Å². The summed E-state index contributed by atoms with van der Waals surface area (Å²) in [6.45, 7) is 0.665. The van der Waals surface area contributed by atoms with Crippen LogP contribution in [0.25, 0.3) is 0 Å². The van der Waals surface area contributed by atoms with Crippen LogP contribution < -0.4 is 10.6 Å².